The Hall–Kier alpha value is -4.56. The molecule has 0 spiro atoms. The molecule has 0 saturated carbocycles. The van der Waals surface area contributed by atoms with Crippen molar-refractivity contribution in [3.8, 4) is 22.5 Å². The van der Waals surface area contributed by atoms with E-state index >= 15 is 0 Å². The molecule has 0 unspecified atom stereocenters. The van der Waals surface area contributed by atoms with Crippen LogP contribution in [0.1, 0.15) is 31.8 Å². The zero-order valence-electron chi connectivity index (χ0n) is 20.3. The van der Waals surface area contributed by atoms with E-state index in [1.165, 1.54) is 18.5 Å². The second-order valence-electron chi connectivity index (χ2n) is 8.24. The first-order valence-corrected chi connectivity index (χ1v) is 12.9. The van der Waals surface area contributed by atoms with Gasteiger partial charge in [-0.15, -0.1) is 0 Å². The van der Waals surface area contributed by atoms with Gasteiger partial charge in [-0.2, -0.15) is 8.42 Å². The Morgan fingerprint density at radius 2 is 1.35 bits per heavy atom. The van der Waals surface area contributed by atoms with Crippen LogP contribution in [0.25, 0.3) is 22.5 Å². The van der Waals surface area contributed by atoms with Crippen LogP contribution in [0.2, 0.25) is 0 Å². The molecule has 0 saturated heterocycles. The zero-order chi connectivity index (χ0) is 26.4. The molecule has 2 aromatic carbocycles. The quantitative estimate of drug-likeness (QED) is 0.294. The van der Waals surface area contributed by atoms with Crippen molar-refractivity contribution >= 4 is 22.6 Å². The number of aromatic nitrogens is 3. The van der Waals surface area contributed by atoms with Crippen LogP contribution in [0.15, 0.2) is 102 Å². The van der Waals surface area contributed by atoms with E-state index in [1.807, 2.05) is 55.5 Å². The summed E-state index contributed by atoms with van der Waals surface area (Å²) in [6.45, 7) is 3.68. The van der Waals surface area contributed by atoms with Crippen LogP contribution in [0.3, 0.4) is 0 Å². The number of aromatic amines is 1. The van der Waals surface area contributed by atoms with Gasteiger partial charge in [0.25, 0.3) is 10.0 Å². The van der Waals surface area contributed by atoms with Gasteiger partial charge in [-0.05, 0) is 48.2 Å². The summed E-state index contributed by atoms with van der Waals surface area (Å²) >= 11 is 0. The van der Waals surface area contributed by atoms with Crippen LogP contribution in [0, 0.1) is 13.8 Å². The van der Waals surface area contributed by atoms with Gasteiger partial charge in [0.1, 0.15) is 0 Å². The third kappa shape index (κ3) is 5.19. The van der Waals surface area contributed by atoms with Crippen molar-refractivity contribution in [2.45, 2.75) is 18.9 Å². The predicted octanol–water partition coefficient (Wildman–Crippen LogP) is 5.71. The average Bonchev–Trinajstić information content (AvgIpc) is 3.49. The normalized spacial score (nSPS) is 10.9. The smallest absolute Gasteiger partial charge is 0.285 e. The summed E-state index contributed by atoms with van der Waals surface area (Å²) in [5, 5.41) is -0.0652. The SMILES string of the molecule is Cc1c(C=O)c[nH]c1-c1ccccc1.Cc1c(C=O)cn(S(=O)(=O)c2ccccn2)c1-c1ccccc1. The highest BCUT2D eigenvalue weighted by Crippen LogP contribution is 2.30. The molecular formula is C29H25N3O4S. The molecule has 0 atom stereocenters. The van der Waals surface area contributed by atoms with Crippen LogP contribution in [-0.2, 0) is 10.0 Å². The van der Waals surface area contributed by atoms with E-state index in [9.17, 15) is 18.0 Å². The second-order valence-corrected chi connectivity index (χ2v) is 10.0. The maximum Gasteiger partial charge on any atom is 0.285 e. The van der Waals surface area contributed by atoms with Gasteiger partial charge in [0.2, 0.25) is 0 Å². The molecule has 5 aromatic rings. The van der Waals surface area contributed by atoms with Crippen LogP contribution < -0.4 is 0 Å². The maximum atomic E-state index is 12.9. The number of aldehydes is 2. The van der Waals surface area contributed by atoms with E-state index < -0.39 is 10.0 Å². The zero-order valence-corrected chi connectivity index (χ0v) is 21.1. The van der Waals surface area contributed by atoms with Gasteiger partial charge in [0.15, 0.2) is 17.6 Å². The minimum absolute atomic E-state index is 0.0652. The van der Waals surface area contributed by atoms with Gasteiger partial charge in [0.05, 0.1) is 5.69 Å². The highest BCUT2D eigenvalue weighted by atomic mass is 32.2. The lowest BCUT2D eigenvalue weighted by Gasteiger charge is -2.11. The molecule has 0 amide bonds. The number of rotatable bonds is 6. The summed E-state index contributed by atoms with van der Waals surface area (Å²) in [7, 11) is -3.88. The minimum Gasteiger partial charge on any atom is -0.360 e. The molecule has 0 aliphatic heterocycles. The van der Waals surface area contributed by atoms with Crippen molar-refractivity contribution in [3.63, 3.8) is 0 Å². The summed E-state index contributed by atoms with van der Waals surface area (Å²) in [5.74, 6) is 0. The van der Waals surface area contributed by atoms with E-state index in [0.29, 0.717) is 23.1 Å². The highest BCUT2D eigenvalue weighted by Gasteiger charge is 2.25. The molecule has 37 heavy (non-hydrogen) atoms. The van der Waals surface area contributed by atoms with Crippen LogP contribution in [0.5, 0.6) is 0 Å². The molecule has 1 N–H and O–H groups in total. The number of hydrogen-bond donors (Lipinski definition) is 1. The van der Waals surface area contributed by atoms with E-state index in [-0.39, 0.29) is 5.03 Å². The van der Waals surface area contributed by atoms with Crippen LogP contribution >= 0.6 is 0 Å². The van der Waals surface area contributed by atoms with E-state index in [1.54, 1.807) is 37.4 Å². The molecule has 3 heterocycles. The average molecular weight is 512 g/mol. The summed E-state index contributed by atoms with van der Waals surface area (Å²) in [5.41, 5.74) is 6.01. The first kappa shape index (κ1) is 25.5. The Balaban J connectivity index is 0.000000195. The van der Waals surface area contributed by atoms with Gasteiger partial charge in [0, 0.05) is 35.4 Å². The molecule has 8 heteroatoms. The Morgan fingerprint density at radius 3 is 1.89 bits per heavy atom. The summed E-state index contributed by atoms with van der Waals surface area (Å²) in [4.78, 5) is 29.0. The van der Waals surface area contributed by atoms with Gasteiger partial charge in [-0.1, -0.05) is 66.7 Å². The Kier molecular flexibility index (Phi) is 7.60. The highest BCUT2D eigenvalue weighted by molar-refractivity contribution is 7.90. The molecule has 0 bridgehead atoms. The van der Waals surface area contributed by atoms with Gasteiger partial charge in [-0.3, -0.25) is 9.59 Å². The van der Waals surface area contributed by atoms with E-state index in [4.69, 9.17) is 0 Å². The van der Waals surface area contributed by atoms with Crippen LogP contribution in [-0.4, -0.2) is 34.9 Å². The maximum absolute atomic E-state index is 12.9. The van der Waals surface area contributed by atoms with Crippen molar-refractivity contribution in [3.05, 3.63) is 120 Å². The number of H-pyrrole nitrogens is 1. The van der Waals surface area contributed by atoms with E-state index in [2.05, 4.69) is 9.97 Å². The lowest BCUT2D eigenvalue weighted by molar-refractivity contribution is 0.111. The molecule has 0 aliphatic carbocycles. The third-order valence-electron chi connectivity index (χ3n) is 5.97. The fourth-order valence-corrected chi connectivity index (χ4v) is 5.36. The summed E-state index contributed by atoms with van der Waals surface area (Å²) < 4.78 is 26.9. The number of benzene rings is 2. The van der Waals surface area contributed by atoms with Gasteiger partial charge in [-0.25, -0.2) is 8.96 Å². The Morgan fingerprint density at radius 1 is 0.757 bits per heavy atom. The van der Waals surface area contributed by atoms with Gasteiger partial charge < -0.3 is 4.98 Å². The summed E-state index contributed by atoms with van der Waals surface area (Å²) in [6, 6.07) is 23.8. The number of pyridine rings is 1. The van der Waals surface area contributed by atoms with Crippen molar-refractivity contribution in [1.29, 1.82) is 0 Å². The lowest BCUT2D eigenvalue weighted by atomic mass is 10.1. The fraction of sp³-hybridized carbons (Fsp3) is 0.0690. The van der Waals surface area contributed by atoms with Crippen molar-refractivity contribution in [2.24, 2.45) is 0 Å². The Labute approximate surface area is 215 Å². The molecule has 0 fully saturated rings. The van der Waals surface area contributed by atoms with Crippen molar-refractivity contribution in [2.75, 3.05) is 0 Å². The Bertz CT molecular complexity index is 1620. The lowest BCUT2D eigenvalue weighted by Crippen LogP contribution is -2.14. The molecule has 5 rings (SSSR count). The number of hydrogen-bond acceptors (Lipinski definition) is 5. The third-order valence-corrected chi connectivity index (χ3v) is 7.55. The first-order chi connectivity index (χ1) is 17.9. The first-order valence-electron chi connectivity index (χ1n) is 11.5. The summed E-state index contributed by atoms with van der Waals surface area (Å²) in [6.07, 6.45) is 6.04. The molecular weight excluding hydrogens is 486 g/mol. The predicted molar refractivity (Wildman–Crippen MR) is 143 cm³/mol. The largest absolute Gasteiger partial charge is 0.360 e. The van der Waals surface area contributed by atoms with Crippen molar-refractivity contribution < 1.29 is 18.0 Å². The molecule has 0 radical (unpaired) electrons. The topological polar surface area (TPSA) is 102 Å². The fourth-order valence-electron chi connectivity index (χ4n) is 3.98. The molecule has 0 aliphatic rings. The number of carbonyl (C=O) groups is 2. The molecule has 3 aromatic heterocycles. The monoisotopic (exact) mass is 511 g/mol. The minimum atomic E-state index is -3.88. The molecule has 186 valence electrons. The molecule has 7 nitrogen and oxygen atoms in total. The standard InChI is InChI=1S/C17H14N2O3S.C12H11NO/c1-13-15(12-20)11-19(17(13)14-7-3-2-4-8-14)23(21,22)16-9-5-6-10-18-16;1-9-11(8-14)7-13-12(9)10-5-3-2-4-6-10/h2-12H,1H3;2-8,13H,1H3. The van der Waals surface area contributed by atoms with Gasteiger partial charge >= 0.3 is 0 Å². The van der Waals surface area contributed by atoms with E-state index in [0.717, 1.165) is 38.2 Å². The van der Waals surface area contributed by atoms with Crippen molar-refractivity contribution in [1.82, 2.24) is 13.9 Å². The number of carbonyl (C=O) groups excluding carboxylic acids is 2. The number of nitrogens with zero attached hydrogens (tertiary/aromatic N) is 2. The second kappa shape index (κ2) is 11.0. The number of nitrogens with one attached hydrogen (secondary N) is 1. The van der Waals surface area contributed by atoms with Crippen LogP contribution in [0.4, 0.5) is 0 Å².